The van der Waals surface area contributed by atoms with Gasteiger partial charge < -0.3 is 10.2 Å². The summed E-state index contributed by atoms with van der Waals surface area (Å²) in [6.45, 7) is 4.86. The van der Waals surface area contributed by atoms with E-state index in [9.17, 15) is 13.2 Å². The van der Waals surface area contributed by atoms with E-state index >= 15 is 0 Å². The molecule has 1 saturated heterocycles. The fourth-order valence-corrected chi connectivity index (χ4v) is 4.61. The first-order chi connectivity index (χ1) is 11.9. The number of carbonyl (C=O) groups is 1. The molecule has 1 aromatic carbocycles. The number of piperazine rings is 1. The highest BCUT2D eigenvalue weighted by Gasteiger charge is 2.29. The maximum absolute atomic E-state index is 12.9. The van der Waals surface area contributed by atoms with E-state index in [1.165, 1.54) is 16.4 Å². The lowest BCUT2D eigenvalue weighted by atomic mass is 10.2. The van der Waals surface area contributed by atoms with E-state index in [2.05, 4.69) is 17.1 Å². The van der Waals surface area contributed by atoms with Gasteiger partial charge in [-0.25, -0.2) is 8.42 Å². The molecule has 0 saturated carbocycles. The van der Waals surface area contributed by atoms with Gasteiger partial charge in [-0.3, -0.25) is 4.79 Å². The molecule has 25 heavy (non-hydrogen) atoms. The van der Waals surface area contributed by atoms with Crippen LogP contribution in [0.4, 0.5) is 0 Å². The number of amides is 1. The molecular weight excluding hydrogens is 362 g/mol. The van der Waals surface area contributed by atoms with E-state index < -0.39 is 10.0 Å². The molecule has 140 valence electrons. The standard InChI is InChI=1S/C17H26ClN3O3S/c1-3-4-5-8-19-17(22)14-6-7-15(18)16(13-14)25(23,24)21-11-9-20(2)10-12-21/h6-7,13H,3-5,8-12H2,1-2H3,(H,19,22). The van der Waals surface area contributed by atoms with Crippen molar-refractivity contribution in [3.63, 3.8) is 0 Å². The number of nitrogens with zero attached hydrogens (tertiary/aromatic N) is 2. The quantitative estimate of drug-likeness (QED) is 0.728. The Hall–Kier alpha value is -1.15. The minimum atomic E-state index is -3.71. The van der Waals surface area contributed by atoms with Crippen LogP contribution in [0.3, 0.4) is 0 Å². The van der Waals surface area contributed by atoms with Crippen LogP contribution in [0.5, 0.6) is 0 Å². The van der Waals surface area contributed by atoms with Crippen LogP contribution in [0.2, 0.25) is 5.02 Å². The Morgan fingerprint density at radius 2 is 1.88 bits per heavy atom. The molecule has 1 N–H and O–H groups in total. The van der Waals surface area contributed by atoms with Crippen LogP contribution < -0.4 is 5.32 Å². The third-order valence-electron chi connectivity index (χ3n) is 4.34. The third kappa shape index (κ3) is 5.17. The number of hydrogen-bond acceptors (Lipinski definition) is 4. The second kappa shape index (κ2) is 8.98. The fourth-order valence-electron chi connectivity index (χ4n) is 2.69. The lowest BCUT2D eigenvalue weighted by Crippen LogP contribution is -2.47. The van der Waals surface area contributed by atoms with Gasteiger partial charge in [-0.15, -0.1) is 0 Å². The number of halogens is 1. The number of likely N-dealkylation sites (N-methyl/N-ethyl adjacent to an activating group) is 1. The van der Waals surface area contributed by atoms with Crippen LogP contribution >= 0.6 is 11.6 Å². The number of unbranched alkanes of at least 4 members (excludes halogenated alkanes) is 2. The third-order valence-corrected chi connectivity index (χ3v) is 6.72. The van der Waals surface area contributed by atoms with Gasteiger partial charge in [-0.05, 0) is 31.7 Å². The summed E-state index contributed by atoms with van der Waals surface area (Å²) in [6.07, 6.45) is 3.02. The minimum Gasteiger partial charge on any atom is -0.352 e. The van der Waals surface area contributed by atoms with Gasteiger partial charge in [-0.2, -0.15) is 4.31 Å². The number of sulfonamides is 1. The van der Waals surface area contributed by atoms with E-state index in [4.69, 9.17) is 11.6 Å². The van der Waals surface area contributed by atoms with Gasteiger partial charge >= 0.3 is 0 Å². The first-order valence-corrected chi connectivity index (χ1v) is 10.4. The molecule has 2 rings (SSSR count). The molecule has 0 aromatic heterocycles. The Morgan fingerprint density at radius 1 is 1.20 bits per heavy atom. The molecule has 1 fully saturated rings. The molecule has 1 aliphatic heterocycles. The van der Waals surface area contributed by atoms with Gasteiger partial charge in [-0.1, -0.05) is 31.4 Å². The Kier molecular flexibility index (Phi) is 7.25. The Labute approximate surface area is 155 Å². The molecule has 0 aliphatic carbocycles. The van der Waals surface area contributed by atoms with E-state index in [1.54, 1.807) is 6.07 Å². The molecule has 1 amide bonds. The van der Waals surface area contributed by atoms with Crippen molar-refractivity contribution in [3.8, 4) is 0 Å². The summed E-state index contributed by atoms with van der Waals surface area (Å²) in [5, 5.41) is 2.96. The van der Waals surface area contributed by atoms with Crippen LogP contribution in [-0.4, -0.2) is 63.3 Å². The highest BCUT2D eigenvalue weighted by Crippen LogP contribution is 2.26. The summed E-state index contributed by atoms with van der Waals surface area (Å²) in [6, 6.07) is 4.41. The molecule has 0 bridgehead atoms. The molecule has 8 heteroatoms. The van der Waals surface area contributed by atoms with Gasteiger partial charge in [0.1, 0.15) is 4.90 Å². The number of nitrogens with one attached hydrogen (secondary N) is 1. The van der Waals surface area contributed by atoms with Gasteiger partial charge in [0, 0.05) is 38.3 Å². The molecule has 0 atom stereocenters. The minimum absolute atomic E-state index is 0.0000667. The zero-order valence-electron chi connectivity index (χ0n) is 14.8. The van der Waals surface area contributed by atoms with E-state index in [0.29, 0.717) is 38.3 Å². The predicted molar refractivity (Wildman–Crippen MR) is 99.6 cm³/mol. The van der Waals surface area contributed by atoms with Crippen molar-refractivity contribution < 1.29 is 13.2 Å². The normalized spacial score (nSPS) is 16.8. The Morgan fingerprint density at radius 3 is 2.52 bits per heavy atom. The molecule has 6 nitrogen and oxygen atoms in total. The summed E-state index contributed by atoms with van der Waals surface area (Å²) in [7, 11) is -1.75. The van der Waals surface area contributed by atoms with Crippen LogP contribution in [0.1, 0.15) is 36.5 Å². The number of benzene rings is 1. The lowest BCUT2D eigenvalue weighted by molar-refractivity contribution is 0.0952. The summed E-state index contributed by atoms with van der Waals surface area (Å²) in [5.74, 6) is -0.275. The van der Waals surface area contributed by atoms with E-state index in [1.807, 2.05) is 7.05 Å². The fraction of sp³-hybridized carbons (Fsp3) is 0.588. The average molecular weight is 388 g/mol. The van der Waals surface area contributed by atoms with E-state index in [0.717, 1.165) is 19.3 Å². The smallest absolute Gasteiger partial charge is 0.251 e. The van der Waals surface area contributed by atoms with Crippen molar-refractivity contribution in [3.05, 3.63) is 28.8 Å². The highest BCUT2D eigenvalue weighted by atomic mass is 35.5. The molecule has 0 spiro atoms. The van der Waals surface area contributed by atoms with Crippen molar-refractivity contribution >= 4 is 27.5 Å². The molecule has 1 aliphatic rings. The summed E-state index contributed by atoms with van der Waals surface area (Å²) >= 11 is 6.13. The Balaban J connectivity index is 2.16. The largest absolute Gasteiger partial charge is 0.352 e. The molecule has 1 heterocycles. The van der Waals surface area contributed by atoms with Gasteiger partial charge in [0.05, 0.1) is 5.02 Å². The average Bonchev–Trinajstić information content (AvgIpc) is 2.59. The maximum Gasteiger partial charge on any atom is 0.251 e. The zero-order valence-corrected chi connectivity index (χ0v) is 16.4. The molecule has 1 aromatic rings. The van der Waals surface area contributed by atoms with Crippen molar-refractivity contribution in [2.75, 3.05) is 39.8 Å². The maximum atomic E-state index is 12.9. The van der Waals surface area contributed by atoms with Crippen LogP contribution in [0, 0.1) is 0 Å². The molecular formula is C17H26ClN3O3S. The SMILES string of the molecule is CCCCCNC(=O)c1ccc(Cl)c(S(=O)(=O)N2CCN(C)CC2)c1. The van der Waals surface area contributed by atoms with Crippen molar-refractivity contribution in [2.45, 2.75) is 31.1 Å². The predicted octanol–water partition coefficient (Wildman–Crippen LogP) is 2.20. The lowest BCUT2D eigenvalue weighted by Gasteiger charge is -2.31. The molecule has 0 radical (unpaired) electrons. The summed E-state index contributed by atoms with van der Waals surface area (Å²) < 4.78 is 27.2. The first-order valence-electron chi connectivity index (χ1n) is 8.62. The Bertz CT molecular complexity index is 701. The van der Waals surface area contributed by atoms with Crippen LogP contribution in [-0.2, 0) is 10.0 Å². The van der Waals surface area contributed by atoms with Crippen LogP contribution in [0.25, 0.3) is 0 Å². The van der Waals surface area contributed by atoms with Crippen molar-refractivity contribution in [1.29, 1.82) is 0 Å². The number of rotatable bonds is 7. The first kappa shape index (κ1) is 20.2. The van der Waals surface area contributed by atoms with Gasteiger partial charge in [0.25, 0.3) is 5.91 Å². The van der Waals surface area contributed by atoms with E-state index in [-0.39, 0.29) is 15.8 Å². The summed E-state index contributed by atoms with van der Waals surface area (Å²) in [4.78, 5) is 14.3. The van der Waals surface area contributed by atoms with Gasteiger partial charge in [0.15, 0.2) is 0 Å². The second-order valence-electron chi connectivity index (χ2n) is 6.32. The highest BCUT2D eigenvalue weighted by molar-refractivity contribution is 7.89. The number of hydrogen-bond donors (Lipinski definition) is 1. The van der Waals surface area contributed by atoms with Crippen LogP contribution in [0.15, 0.2) is 23.1 Å². The number of carbonyl (C=O) groups excluding carboxylic acids is 1. The van der Waals surface area contributed by atoms with Gasteiger partial charge in [0.2, 0.25) is 10.0 Å². The zero-order chi connectivity index (χ0) is 18.4. The van der Waals surface area contributed by atoms with Crippen molar-refractivity contribution in [1.82, 2.24) is 14.5 Å². The topological polar surface area (TPSA) is 69.7 Å². The molecule has 0 unspecified atom stereocenters. The van der Waals surface area contributed by atoms with Crippen molar-refractivity contribution in [2.24, 2.45) is 0 Å². The second-order valence-corrected chi connectivity index (χ2v) is 8.63. The summed E-state index contributed by atoms with van der Waals surface area (Å²) in [5.41, 5.74) is 0.314. The monoisotopic (exact) mass is 387 g/mol.